The van der Waals surface area contributed by atoms with E-state index in [4.69, 9.17) is 27.9 Å². The van der Waals surface area contributed by atoms with E-state index < -0.39 is 23.8 Å². The first-order chi connectivity index (χ1) is 18.3. The smallest absolute Gasteiger partial charge is 0.328 e. The van der Waals surface area contributed by atoms with Crippen molar-refractivity contribution in [1.82, 2.24) is 10.6 Å². The van der Waals surface area contributed by atoms with E-state index >= 15 is 0 Å². The van der Waals surface area contributed by atoms with Crippen LogP contribution in [0.2, 0.25) is 10.0 Å². The molecule has 10 heteroatoms. The predicted molar refractivity (Wildman–Crippen MR) is 149 cm³/mol. The van der Waals surface area contributed by atoms with Gasteiger partial charge < -0.3 is 20.5 Å². The van der Waals surface area contributed by atoms with E-state index in [1.165, 1.54) is 23.5 Å². The molecule has 0 unspecified atom stereocenters. The maximum atomic E-state index is 13.2. The monoisotopic (exact) mass is 568 g/mol. The van der Waals surface area contributed by atoms with Gasteiger partial charge >= 0.3 is 5.97 Å². The van der Waals surface area contributed by atoms with Gasteiger partial charge in [-0.05, 0) is 46.9 Å². The quantitative estimate of drug-likeness (QED) is 0.211. The van der Waals surface area contributed by atoms with Gasteiger partial charge in [-0.15, -0.1) is 11.3 Å². The highest BCUT2D eigenvalue weighted by atomic mass is 35.5. The molecule has 0 saturated heterocycles. The zero-order chi connectivity index (χ0) is 27.1. The Bertz CT molecular complexity index is 1470. The molecule has 0 bridgehead atoms. The highest BCUT2D eigenvalue weighted by Gasteiger charge is 2.24. The van der Waals surface area contributed by atoms with Crippen molar-refractivity contribution in [3.8, 4) is 0 Å². The number of nitrogens with one attached hydrogen (secondary N) is 2. The number of hydrogen-bond donors (Lipinski definition) is 3. The molecule has 0 aliphatic carbocycles. The highest BCUT2D eigenvalue weighted by molar-refractivity contribution is 7.20. The lowest BCUT2D eigenvalue weighted by molar-refractivity contribution is -0.143. The lowest BCUT2D eigenvalue weighted by Gasteiger charge is -2.17. The number of carbonyl (C=O) groups is 3. The molecular weight excluding hydrogens is 547 g/mol. The average Bonchev–Trinajstić information content (AvgIpc) is 3.35. The standard InChI is InChI=1S/C28H22Cl2N2O5S/c29-20-11-10-18(12-21(20)30)13-22(31-27(34)25-14-19-8-4-5-9-24(19)38-25)26(33)32-23(28(35)36)16-37-15-17-6-2-1-3-7-17/h1-14,23H,15-16H2,(H,31,34)(H,32,33)(H,35,36)/b22-13-/t23-/m1/s1. The minimum absolute atomic E-state index is 0.167. The van der Waals surface area contributed by atoms with E-state index in [0.29, 0.717) is 15.5 Å². The molecule has 0 saturated carbocycles. The number of hydrogen-bond acceptors (Lipinski definition) is 5. The normalized spacial score (nSPS) is 12.2. The Labute approximate surface area is 232 Å². The van der Waals surface area contributed by atoms with Gasteiger partial charge in [-0.25, -0.2) is 4.79 Å². The van der Waals surface area contributed by atoms with Gasteiger partial charge in [0.25, 0.3) is 11.8 Å². The predicted octanol–water partition coefficient (Wildman–Crippen LogP) is 5.77. The summed E-state index contributed by atoms with van der Waals surface area (Å²) in [5, 5.41) is 16.2. The molecule has 4 aromatic rings. The summed E-state index contributed by atoms with van der Waals surface area (Å²) in [6.07, 6.45) is 1.40. The molecule has 0 fully saturated rings. The first-order valence-electron chi connectivity index (χ1n) is 11.4. The minimum atomic E-state index is -1.36. The fourth-order valence-electron chi connectivity index (χ4n) is 3.48. The number of fused-ring (bicyclic) bond motifs is 1. The topological polar surface area (TPSA) is 105 Å². The van der Waals surface area contributed by atoms with E-state index in [9.17, 15) is 19.5 Å². The summed E-state index contributed by atoms with van der Waals surface area (Å²) in [7, 11) is 0. The second-order valence-electron chi connectivity index (χ2n) is 8.20. The highest BCUT2D eigenvalue weighted by Crippen LogP contribution is 2.26. The SMILES string of the molecule is O=C(N[C@H](COCc1ccccc1)C(=O)O)/C(=C/c1ccc(Cl)c(Cl)c1)NC(=O)c1cc2ccccc2s1. The Morgan fingerprint density at radius 3 is 2.39 bits per heavy atom. The van der Waals surface area contributed by atoms with Gasteiger partial charge in [0.05, 0.1) is 28.1 Å². The third-order valence-corrected chi connectivity index (χ3v) is 7.25. The number of amides is 2. The number of carbonyl (C=O) groups excluding carboxylic acids is 2. The summed E-state index contributed by atoms with van der Waals surface area (Å²) in [5.41, 5.74) is 1.17. The number of ether oxygens (including phenoxy) is 1. The number of rotatable bonds is 10. The van der Waals surface area contributed by atoms with Crippen LogP contribution in [0.25, 0.3) is 16.2 Å². The van der Waals surface area contributed by atoms with Crippen LogP contribution < -0.4 is 10.6 Å². The maximum absolute atomic E-state index is 13.2. The first-order valence-corrected chi connectivity index (χ1v) is 13.0. The summed E-state index contributed by atoms with van der Waals surface area (Å²) in [6.45, 7) is -0.102. The van der Waals surface area contributed by atoms with Gasteiger partial charge in [0.2, 0.25) is 0 Å². The van der Waals surface area contributed by atoms with Crippen molar-refractivity contribution in [1.29, 1.82) is 0 Å². The molecule has 0 aliphatic heterocycles. The van der Waals surface area contributed by atoms with Crippen molar-refractivity contribution in [3.63, 3.8) is 0 Å². The van der Waals surface area contributed by atoms with E-state index in [0.717, 1.165) is 15.6 Å². The minimum Gasteiger partial charge on any atom is -0.480 e. The Hall–Kier alpha value is -3.69. The Morgan fingerprint density at radius 1 is 0.947 bits per heavy atom. The van der Waals surface area contributed by atoms with E-state index in [1.54, 1.807) is 18.2 Å². The first kappa shape index (κ1) is 27.3. The number of carboxylic acid groups (broad SMARTS) is 1. The van der Waals surface area contributed by atoms with E-state index in [2.05, 4.69) is 10.6 Å². The second-order valence-corrected chi connectivity index (χ2v) is 10.1. The second kappa shape index (κ2) is 12.7. The summed E-state index contributed by atoms with van der Waals surface area (Å²) < 4.78 is 6.44. The van der Waals surface area contributed by atoms with Crippen molar-refractivity contribution in [2.75, 3.05) is 6.61 Å². The molecule has 194 valence electrons. The molecule has 0 aliphatic rings. The van der Waals surface area contributed by atoms with Crippen LogP contribution in [-0.4, -0.2) is 35.5 Å². The molecule has 3 aromatic carbocycles. The molecule has 1 aromatic heterocycles. The van der Waals surface area contributed by atoms with E-state index in [1.807, 2.05) is 54.6 Å². The van der Waals surface area contributed by atoms with Crippen molar-refractivity contribution in [2.45, 2.75) is 12.6 Å². The van der Waals surface area contributed by atoms with Gasteiger partial charge in [0.1, 0.15) is 5.70 Å². The third-order valence-electron chi connectivity index (χ3n) is 5.40. The average molecular weight is 569 g/mol. The van der Waals surface area contributed by atoms with Crippen LogP contribution in [0.1, 0.15) is 20.8 Å². The van der Waals surface area contributed by atoms with Crippen molar-refractivity contribution in [2.24, 2.45) is 0 Å². The Kier molecular flexibility index (Phi) is 9.15. The van der Waals surface area contributed by atoms with E-state index in [-0.39, 0.29) is 23.9 Å². The van der Waals surface area contributed by atoms with Gasteiger partial charge in [-0.3, -0.25) is 9.59 Å². The Morgan fingerprint density at radius 2 is 1.68 bits per heavy atom. The van der Waals surface area contributed by atoms with Crippen molar-refractivity contribution < 1.29 is 24.2 Å². The lowest BCUT2D eigenvalue weighted by atomic mass is 10.1. The largest absolute Gasteiger partial charge is 0.480 e. The van der Waals surface area contributed by atoms with Gasteiger partial charge in [-0.2, -0.15) is 0 Å². The van der Waals surface area contributed by atoms with Gasteiger partial charge in [0.15, 0.2) is 6.04 Å². The van der Waals surface area contributed by atoms with Crippen LogP contribution in [0.5, 0.6) is 0 Å². The molecule has 3 N–H and O–H groups in total. The number of thiophene rings is 1. The van der Waals surface area contributed by atoms with Gasteiger partial charge in [0, 0.05) is 4.70 Å². The number of halogens is 2. The van der Waals surface area contributed by atoms with Gasteiger partial charge in [-0.1, -0.05) is 77.8 Å². The Balaban J connectivity index is 1.54. The number of carboxylic acids is 1. The van der Waals surface area contributed by atoms with Crippen molar-refractivity contribution in [3.05, 3.63) is 111 Å². The third kappa shape index (κ3) is 7.20. The molecular formula is C28H22Cl2N2O5S. The zero-order valence-corrected chi connectivity index (χ0v) is 22.1. The maximum Gasteiger partial charge on any atom is 0.328 e. The molecule has 2 amide bonds. The van der Waals surface area contributed by atoms with Crippen LogP contribution in [-0.2, 0) is 20.9 Å². The summed E-state index contributed by atoms with van der Waals surface area (Å²) >= 11 is 13.4. The van der Waals surface area contributed by atoms with Crippen LogP contribution in [0.4, 0.5) is 0 Å². The summed E-state index contributed by atoms with van der Waals surface area (Å²) in [6, 6.07) is 21.8. The summed E-state index contributed by atoms with van der Waals surface area (Å²) in [4.78, 5) is 38.5. The fraction of sp³-hybridized carbons (Fsp3) is 0.107. The van der Waals surface area contributed by atoms with Crippen LogP contribution in [0, 0.1) is 0 Å². The van der Waals surface area contributed by atoms with Crippen molar-refractivity contribution >= 4 is 68.5 Å². The molecule has 38 heavy (non-hydrogen) atoms. The lowest BCUT2D eigenvalue weighted by Crippen LogP contribution is -2.46. The number of benzene rings is 3. The molecule has 1 atom stereocenters. The molecule has 7 nitrogen and oxygen atoms in total. The molecule has 4 rings (SSSR count). The van der Waals surface area contributed by atoms with Crippen LogP contribution in [0.3, 0.4) is 0 Å². The fourth-order valence-corrected chi connectivity index (χ4v) is 4.75. The summed E-state index contributed by atoms with van der Waals surface area (Å²) in [5.74, 6) is -2.60. The molecule has 0 radical (unpaired) electrons. The zero-order valence-electron chi connectivity index (χ0n) is 19.8. The molecule has 0 spiro atoms. The molecule has 1 heterocycles. The van der Waals surface area contributed by atoms with Crippen LogP contribution in [0.15, 0.2) is 84.6 Å². The number of aliphatic carboxylic acids is 1. The van der Waals surface area contributed by atoms with Crippen LogP contribution >= 0.6 is 34.5 Å².